The topological polar surface area (TPSA) is 73.1 Å². The highest BCUT2D eigenvalue weighted by molar-refractivity contribution is 6.26. The molecule has 5 heteroatoms. The van der Waals surface area contributed by atoms with Gasteiger partial charge in [0.05, 0.1) is 40.0 Å². The zero-order chi connectivity index (χ0) is 29.4. The number of aromatic amines is 1. The third-order valence-corrected chi connectivity index (χ3v) is 8.72. The van der Waals surface area contributed by atoms with Crippen LogP contribution >= 0.6 is 0 Å². The van der Waals surface area contributed by atoms with Crippen LogP contribution in [0.25, 0.3) is 12.2 Å². The van der Waals surface area contributed by atoms with E-state index in [9.17, 15) is 5.11 Å². The third kappa shape index (κ3) is 4.69. The molecule has 4 aliphatic rings. The first kappa shape index (κ1) is 28.8. The number of hydrogen-bond donors (Lipinski definition) is 2. The van der Waals surface area contributed by atoms with Gasteiger partial charge in [0.25, 0.3) is 0 Å². The number of fused-ring (bicyclic) bond motifs is 5. The maximum Gasteiger partial charge on any atom is 0.0989 e. The Kier molecular flexibility index (Phi) is 8.17. The Balaban J connectivity index is 1.97. The van der Waals surface area contributed by atoms with Crippen molar-refractivity contribution >= 4 is 29.3 Å². The quantitative estimate of drug-likeness (QED) is 0.333. The average Bonchev–Trinajstić information content (AvgIpc) is 3.73. The Morgan fingerprint density at radius 2 is 1.02 bits per heavy atom. The van der Waals surface area contributed by atoms with E-state index >= 15 is 0 Å². The lowest BCUT2D eigenvalue weighted by Crippen LogP contribution is -2.14. The summed E-state index contributed by atoms with van der Waals surface area (Å²) >= 11 is 0. The first-order chi connectivity index (χ1) is 19.8. The second-order valence-electron chi connectivity index (χ2n) is 10.9. The summed E-state index contributed by atoms with van der Waals surface area (Å²) in [5.74, 6) is 0.300. The van der Waals surface area contributed by atoms with Crippen LogP contribution in [-0.2, 0) is 0 Å². The van der Waals surface area contributed by atoms with Gasteiger partial charge in [-0.25, -0.2) is 15.0 Å². The highest BCUT2D eigenvalue weighted by atomic mass is 16.3. The second-order valence-corrected chi connectivity index (χ2v) is 10.9. The maximum absolute atomic E-state index is 10.9. The van der Waals surface area contributed by atoms with Crippen LogP contribution in [0.5, 0.6) is 0 Å². The van der Waals surface area contributed by atoms with E-state index in [1.54, 1.807) is 6.92 Å². The Bertz CT molecular complexity index is 1720. The normalized spacial score (nSPS) is 20.1. The Hall–Kier alpha value is -3.73. The van der Waals surface area contributed by atoms with Gasteiger partial charge in [0.1, 0.15) is 0 Å². The fraction of sp³-hybridized carbons (Fsp3) is 0.417. The van der Waals surface area contributed by atoms with E-state index in [-0.39, 0.29) is 0 Å². The molecule has 5 rings (SSSR count). The Morgan fingerprint density at radius 3 is 1.56 bits per heavy atom. The number of aliphatic imine (C=N–C) groups is 3. The summed E-state index contributed by atoms with van der Waals surface area (Å²) in [5.41, 5.74) is 15.7. The Morgan fingerprint density at radius 1 is 0.561 bits per heavy atom. The third-order valence-electron chi connectivity index (χ3n) is 8.72. The molecule has 5 heterocycles. The van der Waals surface area contributed by atoms with Gasteiger partial charge in [0, 0.05) is 27.4 Å². The molecule has 0 unspecified atom stereocenters. The highest BCUT2D eigenvalue weighted by Crippen LogP contribution is 2.44. The van der Waals surface area contributed by atoms with Crippen molar-refractivity contribution in [2.75, 3.05) is 0 Å². The van der Waals surface area contributed by atoms with Crippen LogP contribution in [0.2, 0.25) is 0 Å². The van der Waals surface area contributed by atoms with Crippen LogP contribution in [0.3, 0.4) is 0 Å². The molecule has 0 fully saturated rings. The first-order valence-corrected chi connectivity index (χ1v) is 15.6. The predicted molar refractivity (Wildman–Crippen MR) is 174 cm³/mol. The number of aliphatic hydroxyl groups excluding tert-OH is 1. The van der Waals surface area contributed by atoms with E-state index in [1.165, 1.54) is 27.9 Å². The zero-order valence-electron chi connectivity index (χ0n) is 26.0. The molecule has 0 atom stereocenters. The molecule has 2 N–H and O–H groups in total. The number of nitrogens with zero attached hydrogens (tertiary/aromatic N) is 3. The average molecular weight is 549 g/mol. The number of allylic oxidation sites excluding steroid dienone is 9. The van der Waals surface area contributed by atoms with Gasteiger partial charge in [0.2, 0.25) is 0 Å². The second kappa shape index (κ2) is 11.6. The Labute approximate surface area is 244 Å². The van der Waals surface area contributed by atoms with Crippen molar-refractivity contribution in [1.29, 1.82) is 0 Å². The van der Waals surface area contributed by atoms with Gasteiger partial charge in [-0.1, -0.05) is 48.5 Å². The summed E-state index contributed by atoms with van der Waals surface area (Å²) in [6.07, 6.45) is 10.4. The number of aliphatic hydroxyl groups is 1. The van der Waals surface area contributed by atoms with Crippen LogP contribution in [0.15, 0.2) is 94.5 Å². The van der Waals surface area contributed by atoms with Gasteiger partial charge in [-0.3, -0.25) is 0 Å². The molecule has 0 saturated carbocycles. The zero-order valence-corrected chi connectivity index (χ0v) is 26.0. The first-order valence-electron chi connectivity index (χ1n) is 15.6. The molecule has 0 radical (unpaired) electrons. The number of rotatable bonds is 7. The minimum absolute atomic E-state index is 0.300. The lowest BCUT2D eigenvalue weighted by atomic mass is 9.89. The molecular formula is C36H44N4O. The molecule has 0 spiro atoms. The van der Waals surface area contributed by atoms with Crippen LogP contribution in [0, 0.1) is 0 Å². The summed E-state index contributed by atoms with van der Waals surface area (Å²) in [6.45, 7) is 17.3. The maximum atomic E-state index is 10.9. The number of H-pyrrole nitrogens is 1. The molecule has 0 amide bonds. The molecule has 1 aromatic heterocycles. The molecule has 1 aromatic rings. The summed E-state index contributed by atoms with van der Waals surface area (Å²) in [6, 6.07) is 4.18. The number of aromatic nitrogens is 1. The summed E-state index contributed by atoms with van der Waals surface area (Å²) in [4.78, 5) is 19.6. The lowest BCUT2D eigenvalue weighted by Gasteiger charge is -2.14. The summed E-state index contributed by atoms with van der Waals surface area (Å²) in [7, 11) is 0. The highest BCUT2D eigenvalue weighted by Gasteiger charge is 2.33. The van der Waals surface area contributed by atoms with Gasteiger partial charge in [-0.15, -0.1) is 0 Å². The minimum atomic E-state index is 0.300. The van der Waals surface area contributed by atoms with Gasteiger partial charge in [0.15, 0.2) is 0 Å². The summed E-state index contributed by atoms with van der Waals surface area (Å²) < 4.78 is 0. The predicted octanol–water partition coefficient (Wildman–Crippen LogP) is 8.01. The van der Waals surface area contributed by atoms with E-state index < -0.39 is 0 Å². The standard InChI is InChI=1S/C36H44N4O/c1-9-23-24(10-2)33-28(14-6)34-25(11-3)26(12-4)35(40-34)29(15-7)36-27(13-5)32(20(8)41)31(39-36)19-22-17-16-21(37-22)18-30(23)38-33/h16-19,37,41H,9-15H2,1-8H3/b21-18?,22-19?,32-20+,33-28?,35-29?. The van der Waals surface area contributed by atoms with Gasteiger partial charge < -0.3 is 10.1 Å². The van der Waals surface area contributed by atoms with Crippen LogP contribution in [0.1, 0.15) is 100 Å². The van der Waals surface area contributed by atoms with E-state index in [1.807, 2.05) is 0 Å². The van der Waals surface area contributed by atoms with Crippen LogP contribution in [0.4, 0.5) is 0 Å². The van der Waals surface area contributed by atoms with Crippen LogP contribution in [-0.4, -0.2) is 27.2 Å². The van der Waals surface area contributed by atoms with E-state index in [4.69, 9.17) is 15.0 Å². The molecule has 41 heavy (non-hydrogen) atoms. The summed E-state index contributed by atoms with van der Waals surface area (Å²) in [5, 5.41) is 12.8. The van der Waals surface area contributed by atoms with Crippen molar-refractivity contribution in [3.63, 3.8) is 0 Å². The van der Waals surface area contributed by atoms with E-state index in [0.29, 0.717) is 5.76 Å². The SMILES string of the molecule is CCC1=C(CC)C2=C(CC)C3=NC(=C(CC)C4=C(CC)/C(=C(/C)O)C(=N4)C=c4ccc([nH]4)=CC1=N2)C(CC)=C3CC. The van der Waals surface area contributed by atoms with Crippen molar-refractivity contribution in [1.82, 2.24) is 4.98 Å². The largest absolute Gasteiger partial charge is 0.512 e. The van der Waals surface area contributed by atoms with Crippen molar-refractivity contribution in [3.8, 4) is 0 Å². The van der Waals surface area contributed by atoms with Gasteiger partial charge in [-0.05, 0) is 104 Å². The molecule has 214 valence electrons. The number of nitrogens with one attached hydrogen (secondary N) is 1. The van der Waals surface area contributed by atoms with Crippen molar-refractivity contribution < 1.29 is 5.11 Å². The van der Waals surface area contributed by atoms with Crippen molar-refractivity contribution in [3.05, 3.63) is 90.3 Å². The molecule has 4 aliphatic heterocycles. The molecule has 0 aromatic carbocycles. The smallest absolute Gasteiger partial charge is 0.0989 e. The molecule has 0 aliphatic carbocycles. The van der Waals surface area contributed by atoms with Gasteiger partial charge in [-0.2, -0.15) is 0 Å². The van der Waals surface area contributed by atoms with E-state index in [2.05, 4.69) is 77.7 Å². The van der Waals surface area contributed by atoms with Gasteiger partial charge >= 0.3 is 0 Å². The molecule has 8 bridgehead atoms. The number of hydrogen-bond acceptors (Lipinski definition) is 4. The molecule has 0 saturated heterocycles. The van der Waals surface area contributed by atoms with Crippen molar-refractivity contribution in [2.45, 2.75) is 100 Å². The lowest BCUT2D eigenvalue weighted by molar-refractivity contribution is 0.411. The van der Waals surface area contributed by atoms with Crippen molar-refractivity contribution in [2.24, 2.45) is 15.0 Å². The monoisotopic (exact) mass is 548 g/mol. The van der Waals surface area contributed by atoms with E-state index in [0.717, 1.165) is 107 Å². The van der Waals surface area contributed by atoms with Crippen LogP contribution < -0.4 is 10.7 Å². The molecule has 5 nitrogen and oxygen atoms in total. The molecular weight excluding hydrogens is 504 g/mol. The fourth-order valence-electron chi connectivity index (χ4n) is 6.90. The fourth-order valence-corrected chi connectivity index (χ4v) is 6.90. The minimum Gasteiger partial charge on any atom is -0.512 e.